The first-order chi connectivity index (χ1) is 30.9. The van der Waals surface area contributed by atoms with Gasteiger partial charge in [-0.25, -0.2) is 19.6 Å². The molecule has 2 aromatic heterocycles. The molecule has 0 spiro atoms. The largest absolute Gasteiger partial charge is 0.453 e. The molecule has 0 radical (unpaired) electrons. The Bertz CT molecular complexity index is 2600. The number of alkyl halides is 2. The van der Waals surface area contributed by atoms with E-state index in [-0.39, 0.29) is 46.9 Å². The minimum atomic E-state index is -3.29. The highest BCUT2D eigenvalue weighted by Crippen LogP contribution is 2.53. The van der Waals surface area contributed by atoms with Gasteiger partial charge in [0.25, 0.3) is 5.92 Å². The number of alkyl carbamates (subject to hydrolysis) is 2. The zero-order valence-corrected chi connectivity index (χ0v) is 36.2. The highest BCUT2D eigenvalue weighted by Gasteiger charge is 2.45. The predicted octanol–water partition coefficient (Wildman–Crippen LogP) is 7.60. The summed E-state index contributed by atoms with van der Waals surface area (Å²) in [7, 11) is 2.53. The van der Waals surface area contributed by atoms with Crippen molar-refractivity contribution in [1.29, 1.82) is 0 Å². The Hall–Kier alpha value is -6.36. The van der Waals surface area contributed by atoms with Crippen molar-refractivity contribution in [3.8, 4) is 33.5 Å². The number of methoxy groups -OCH3 is 2. The molecule has 3 saturated heterocycles. The lowest BCUT2D eigenvalue weighted by Gasteiger charge is -2.34. The molecule has 5 heterocycles. The lowest BCUT2D eigenvalue weighted by Crippen LogP contribution is -2.53. The summed E-state index contributed by atoms with van der Waals surface area (Å²) in [5.74, 6) is -2.81. The first kappa shape index (κ1) is 42.9. The summed E-state index contributed by atoms with van der Waals surface area (Å²) in [6.45, 7) is 5.74. The van der Waals surface area contributed by atoms with Crippen LogP contribution in [-0.2, 0) is 29.7 Å². The van der Waals surface area contributed by atoms with E-state index < -0.39 is 30.2 Å². The second kappa shape index (κ2) is 17.3. The van der Waals surface area contributed by atoms with Crippen LogP contribution in [0.15, 0.2) is 60.8 Å². The number of nitrogens with zero attached hydrogens (tertiary/aromatic N) is 4. The summed E-state index contributed by atoms with van der Waals surface area (Å²) in [4.78, 5) is 71.8. The highest BCUT2D eigenvalue weighted by atomic mass is 19.3. The van der Waals surface area contributed by atoms with Crippen LogP contribution >= 0.6 is 0 Å². The van der Waals surface area contributed by atoms with E-state index in [1.165, 1.54) is 20.3 Å². The summed E-state index contributed by atoms with van der Waals surface area (Å²) >= 11 is 0. The van der Waals surface area contributed by atoms with E-state index in [1.54, 1.807) is 40.3 Å². The van der Waals surface area contributed by atoms with E-state index in [0.717, 1.165) is 18.4 Å². The number of H-pyrrole nitrogens is 2. The van der Waals surface area contributed by atoms with Crippen LogP contribution in [0.1, 0.15) is 87.2 Å². The number of benzene rings is 3. The molecule has 336 valence electrons. The molecule has 1 unspecified atom stereocenters. The summed E-state index contributed by atoms with van der Waals surface area (Å²) in [6.07, 6.45) is 4.42. The van der Waals surface area contributed by atoms with Crippen LogP contribution in [-0.4, -0.2) is 106 Å². The maximum atomic E-state index is 16.6. The zero-order chi connectivity index (χ0) is 44.9. The Kier molecular flexibility index (Phi) is 11.6. The van der Waals surface area contributed by atoms with E-state index in [2.05, 4.69) is 25.6 Å². The zero-order valence-electron chi connectivity index (χ0n) is 36.2. The Balaban J connectivity index is 0.932. The van der Waals surface area contributed by atoms with E-state index in [9.17, 15) is 19.2 Å². The van der Waals surface area contributed by atoms with Crippen LogP contribution in [0.3, 0.4) is 0 Å². The summed E-state index contributed by atoms with van der Waals surface area (Å²) in [5, 5.41) is 5.44. The van der Waals surface area contributed by atoms with Crippen molar-refractivity contribution in [1.82, 2.24) is 40.4 Å². The number of aromatic amines is 2. The minimum Gasteiger partial charge on any atom is -0.453 e. The van der Waals surface area contributed by atoms with E-state index in [0.29, 0.717) is 103 Å². The average Bonchev–Trinajstić information content (AvgIpc) is 4.17. The lowest BCUT2D eigenvalue weighted by molar-refractivity contribution is -0.137. The third kappa shape index (κ3) is 7.83. The van der Waals surface area contributed by atoms with Crippen molar-refractivity contribution in [2.24, 2.45) is 11.8 Å². The predicted molar refractivity (Wildman–Crippen MR) is 232 cm³/mol. The van der Waals surface area contributed by atoms with Crippen LogP contribution in [0.4, 0.5) is 18.4 Å². The molecule has 17 heteroatoms. The van der Waals surface area contributed by atoms with Gasteiger partial charge < -0.3 is 44.6 Å². The van der Waals surface area contributed by atoms with Crippen molar-refractivity contribution in [3.05, 3.63) is 83.6 Å². The molecule has 4 amide bonds. The van der Waals surface area contributed by atoms with Crippen molar-refractivity contribution in [2.75, 3.05) is 40.5 Å². The number of halogens is 2. The van der Waals surface area contributed by atoms with Crippen molar-refractivity contribution in [3.63, 3.8) is 0 Å². The molecule has 4 aliphatic rings. The van der Waals surface area contributed by atoms with E-state index in [1.807, 2.05) is 38.1 Å². The molecule has 64 heavy (non-hydrogen) atoms. The quantitative estimate of drug-likeness (QED) is 0.110. The van der Waals surface area contributed by atoms with E-state index in [4.69, 9.17) is 19.2 Å². The van der Waals surface area contributed by atoms with Gasteiger partial charge >= 0.3 is 12.2 Å². The SMILES string of the molecule is COC(=O)NC(C(=O)N1CCC[C@H]1c1nc2ccc(-c3ccc4c(c3)C(F)(F)c3cc(-c5cnc([C@@H]6CCCN6C(=O)[C@@H](NC(=O)OC)C(C)C)[nH]5)ccc3-4)cc2[nH]1)C1CCOCC1. The number of rotatable bonds is 10. The Labute approximate surface area is 368 Å². The van der Waals surface area contributed by atoms with Crippen molar-refractivity contribution in [2.45, 2.75) is 82.5 Å². The van der Waals surface area contributed by atoms with Crippen LogP contribution in [0.25, 0.3) is 44.5 Å². The van der Waals surface area contributed by atoms with Gasteiger partial charge in [-0.05, 0) is 96.9 Å². The second-order valence-electron chi connectivity index (χ2n) is 17.4. The first-order valence-corrected chi connectivity index (χ1v) is 22.0. The van der Waals surface area contributed by atoms with Gasteiger partial charge in [-0.15, -0.1) is 0 Å². The van der Waals surface area contributed by atoms with E-state index >= 15 is 8.78 Å². The topological polar surface area (TPSA) is 184 Å². The van der Waals surface area contributed by atoms with Gasteiger partial charge in [0, 0.05) is 43.0 Å². The standard InChI is InChI=1S/C47H52F2N8O7/c1-25(2)39(54-45(60)62-3)43(58)56-17-5-7-37(56)41-50-24-36(53-41)29-10-13-31-30-12-9-27(21-32(30)47(48,49)33(31)22-29)28-11-14-34-35(23-28)52-42(51-34)38-8-6-18-57(38)44(59)40(55-46(61)63-4)26-15-19-64-20-16-26/h9-14,21-26,37-40H,5-8,15-20H2,1-4H3,(H,50,53)(H,51,52)(H,54,60)(H,55,61)/t37-,38-,39-,40?/m0/s1. The minimum absolute atomic E-state index is 0.0875. The summed E-state index contributed by atoms with van der Waals surface area (Å²) in [5.41, 5.74) is 4.53. The molecule has 4 atom stereocenters. The molecular formula is C47H52F2N8O7. The van der Waals surface area contributed by atoms with Gasteiger partial charge in [-0.1, -0.05) is 44.2 Å². The maximum absolute atomic E-state index is 16.6. The number of ether oxygens (including phenoxy) is 3. The number of carbonyl (C=O) groups is 4. The van der Waals surface area contributed by atoms with Crippen molar-refractivity contribution < 1.29 is 42.2 Å². The maximum Gasteiger partial charge on any atom is 0.407 e. The van der Waals surface area contributed by atoms with Crippen LogP contribution in [0, 0.1) is 11.8 Å². The number of amides is 4. The average molecular weight is 879 g/mol. The van der Waals surface area contributed by atoms with Crippen molar-refractivity contribution >= 4 is 35.0 Å². The number of hydrogen-bond acceptors (Lipinski definition) is 9. The van der Waals surface area contributed by atoms with Gasteiger partial charge in [-0.3, -0.25) is 9.59 Å². The molecule has 3 fully saturated rings. The Morgan fingerprint density at radius 3 is 2.03 bits per heavy atom. The molecule has 3 aliphatic heterocycles. The molecular weight excluding hydrogens is 827 g/mol. The number of nitrogens with one attached hydrogen (secondary N) is 4. The highest BCUT2D eigenvalue weighted by molar-refractivity contribution is 5.89. The molecule has 9 rings (SSSR count). The molecule has 5 aromatic rings. The second-order valence-corrected chi connectivity index (χ2v) is 17.4. The Morgan fingerprint density at radius 1 is 0.766 bits per heavy atom. The molecule has 3 aromatic carbocycles. The van der Waals surface area contributed by atoms with Crippen LogP contribution < -0.4 is 10.6 Å². The van der Waals surface area contributed by atoms with Gasteiger partial charge in [-0.2, -0.15) is 8.78 Å². The van der Waals surface area contributed by atoms with Gasteiger partial charge in [0.1, 0.15) is 23.7 Å². The summed E-state index contributed by atoms with van der Waals surface area (Å²) in [6, 6.07) is 13.5. The monoisotopic (exact) mass is 878 g/mol. The van der Waals surface area contributed by atoms with Crippen LogP contribution in [0.2, 0.25) is 0 Å². The lowest BCUT2D eigenvalue weighted by atomic mass is 9.90. The fraction of sp³-hybridized carbons (Fsp3) is 0.447. The number of hydrogen-bond donors (Lipinski definition) is 4. The van der Waals surface area contributed by atoms with Crippen LogP contribution in [0.5, 0.6) is 0 Å². The molecule has 15 nitrogen and oxygen atoms in total. The van der Waals surface area contributed by atoms with Gasteiger partial charge in [0.15, 0.2) is 0 Å². The normalized spacial score (nSPS) is 20.2. The Morgan fingerprint density at radius 2 is 1.36 bits per heavy atom. The number of aromatic nitrogens is 4. The number of likely N-dealkylation sites (tertiary alicyclic amines) is 2. The molecule has 4 N–H and O–H groups in total. The number of fused-ring (bicyclic) bond motifs is 4. The molecule has 0 saturated carbocycles. The van der Waals surface area contributed by atoms with Gasteiger partial charge in [0.05, 0.1) is 49.2 Å². The number of carbonyl (C=O) groups excluding carboxylic acids is 4. The molecule has 1 aliphatic carbocycles. The first-order valence-electron chi connectivity index (χ1n) is 22.0. The smallest absolute Gasteiger partial charge is 0.407 e. The number of imidazole rings is 2. The third-order valence-corrected chi connectivity index (χ3v) is 13.3. The summed E-state index contributed by atoms with van der Waals surface area (Å²) < 4.78 is 48.3. The molecule has 0 bridgehead atoms. The fourth-order valence-corrected chi connectivity index (χ4v) is 9.89. The van der Waals surface area contributed by atoms with Gasteiger partial charge in [0.2, 0.25) is 11.8 Å². The fourth-order valence-electron chi connectivity index (χ4n) is 9.89. The third-order valence-electron chi connectivity index (χ3n) is 13.3.